The molecule has 0 aliphatic rings. The molecule has 1 nitrogen and oxygen atoms in total. The summed E-state index contributed by atoms with van der Waals surface area (Å²) in [6, 6.07) is -0.227. The van der Waals surface area contributed by atoms with Gasteiger partial charge in [0.1, 0.15) is 10.4 Å². The Morgan fingerprint density at radius 2 is 2.19 bits per heavy atom. The first-order valence-electron chi connectivity index (χ1n) is 4.61. The molecule has 1 N–H and O–H groups in total. The maximum atomic E-state index is 12.8. The first kappa shape index (κ1) is 14.3. The molecule has 1 atom stereocenters. The number of nitrogens with one attached hydrogen (secondary N) is 1. The van der Waals surface area contributed by atoms with E-state index in [-0.39, 0.29) is 4.88 Å². The van der Waals surface area contributed by atoms with Gasteiger partial charge in [0.25, 0.3) is 0 Å². The first-order valence-corrected chi connectivity index (χ1v) is 6.59. The summed E-state index contributed by atoms with van der Waals surface area (Å²) in [4.78, 5) is 0.179. The molecule has 1 unspecified atom stereocenters. The van der Waals surface area contributed by atoms with Gasteiger partial charge in [0.05, 0.1) is 0 Å². The van der Waals surface area contributed by atoms with Gasteiger partial charge in [0.2, 0.25) is 0 Å². The van der Waals surface area contributed by atoms with Gasteiger partial charge in [-0.2, -0.15) is 13.2 Å². The molecule has 7 heteroatoms. The van der Waals surface area contributed by atoms with Crippen molar-refractivity contribution in [2.45, 2.75) is 25.6 Å². The SMILES string of the molecule is CCCNC(c1cc(Br)c(Cl)s1)C(F)(F)F. The van der Waals surface area contributed by atoms with E-state index in [1.165, 1.54) is 6.07 Å². The van der Waals surface area contributed by atoms with Crippen molar-refractivity contribution in [3.05, 3.63) is 19.8 Å². The topological polar surface area (TPSA) is 12.0 Å². The highest BCUT2D eigenvalue weighted by Crippen LogP contribution is 2.41. The third-order valence-corrected chi connectivity index (χ3v) is 4.41. The van der Waals surface area contributed by atoms with Crippen LogP contribution in [0.2, 0.25) is 4.34 Å². The molecule has 1 aromatic rings. The standard InChI is InChI=1S/C9H10BrClF3NS/c1-2-3-15-7(9(12,13)14)6-4-5(10)8(11)16-6/h4,7,15H,2-3H2,1H3. The number of thiophene rings is 1. The minimum absolute atomic E-state index is 0.179. The van der Waals surface area contributed by atoms with Crippen LogP contribution in [0.5, 0.6) is 0 Å². The average molecular weight is 337 g/mol. The maximum Gasteiger partial charge on any atom is 0.408 e. The highest BCUT2D eigenvalue weighted by molar-refractivity contribution is 9.10. The van der Waals surface area contributed by atoms with Gasteiger partial charge >= 0.3 is 6.18 Å². The zero-order chi connectivity index (χ0) is 12.3. The Labute approximate surface area is 109 Å². The second-order valence-corrected chi connectivity index (χ2v) is 5.74. The van der Waals surface area contributed by atoms with Crippen LogP contribution in [-0.4, -0.2) is 12.7 Å². The van der Waals surface area contributed by atoms with E-state index in [0.717, 1.165) is 11.3 Å². The molecule has 0 spiro atoms. The van der Waals surface area contributed by atoms with Crippen molar-refractivity contribution in [1.29, 1.82) is 0 Å². The largest absolute Gasteiger partial charge is 0.408 e. The van der Waals surface area contributed by atoms with Crippen molar-refractivity contribution in [2.75, 3.05) is 6.54 Å². The molecule has 0 bridgehead atoms. The van der Waals surface area contributed by atoms with Crippen LogP contribution in [0, 0.1) is 0 Å². The van der Waals surface area contributed by atoms with Gasteiger partial charge in [-0.1, -0.05) is 18.5 Å². The van der Waals surface area contributed by atoms with E-state index in [0.29, 0.717) is 21.8 Å². The van der Waals surface area contributed by atoms with E-state index in [2.05, 4.69) is 21.2 Å². The van der Waals surface area contributed by atoms with Crippen molar-refractivity contribution in [2.24, 2.45) is 0 Å². The van der Waals surface area contributed by atoms with Crippen molar-refractivity contribution >= 4 is 38.9 Å². The second kappa shape index (κ2) is 5.71. The molecule has 1 aromatic heterocycles. The van der Waals surface area contributed by atoms with Crippen LogP contribution in [0.3, 0.4) is 0 Å². The molecule has 1 rings (SSSR count). The highest BCUT2D eigenvalue weighted by atomic mass is 79.9. The lowest BCUT2D eigenvalue weighted by atomic mass is 10.2. The van der Waals surface area contributed by atoms with E-state index < -0.39 is 12.2 Å². The second-order valence-electron chi connectivity index (χ2n) is 3.20. The van der Waals surface area contributed by atoms with Gasteiger partial charge < -0.3 is 5.32 Å². The van der Waals surface area contributed by atoms with Crippen LogP contribution in [0.4, 0.5) is 13.2 Å². The predicted molar refractivity (Wildman–Crippen MR) is 64.1 cm³/mol. The van der Waals surface area contributed by atoms with E-state index in [4.69, 9.17) is 11.6 Å². The van der Waals surface area contributed by atoms with E-state index in [1.54, 1.807) is 0 Å². The first-order chi connectivity index (χ1) is 7.36. The fourth-order valence-corrected chi connectivity index (χ4v) is 3.01. The summed E-state index contributed by atoms with van der Waals surface area (Å²) in [5.74, 6) is 0. The fraction of sp³-hybridized carbons (Fsp3) is 0.556. The third-order valence-electron chi connectivity index (χ3n) is 1.87. The smallest absolute Gasteiger partial charge is 0.302 e. The zero-order valence-corrected chi connectivity index (χ0v) is 11.5. The van der Waals surface area contributed by atoms with Gasteiger partial charge in [-0.25, -0.2) is 0 Å². The quantitative estimate of drug-likeness (QED) is 0.835. The maximum absolute atomic E-state index is 12.8. The van der Waals surface area contributed by atoms with Crippen LogP contribution >= 0.6 is 38.9 Å². The summed E-state index contributed by atoms with van der Waals surface area (Å²) in [5.41, 5.74) is 0. The Kier molecular flexibility index (Phi) is 5.10. The van der Waals surface area contributed by atoms with Crippen LogP contribution in [0.25, 0.3) is 0 Å². The lowest BCUT2D eigenvalue weighted by Gasteiger charge is -2.20. The Morgan fingerprint density at radius 3 is 2.56 bits per heavy atom. The average Bonchev–Trinajstić information content (AvgIpc) is 2.45. The van der Waals surface area contributed by atoms with Gasteiger partial charge in [-0.05, 0) is 35.0 Å². The summed E-state index contributed by atoms with van der Waals surface area (Å²) < 4.78 is 39.1. The van der Waals surface area contributed by atoms with Gasteiger partial charge in [-0.15, -0.1) is 11.3 Å². The molecule has 0 saturated carbocycles. The summed E-state index contributed by atoms with van der Waals surface area (Å²) in [5, 5.41) is 2.47. The van der Waals surface area contributed by atoms with E-state index >= 15 is 0 Å². The number of alkyl halides is 3. The van der Waals surface area contributed by atoms with Crippen LogP contribution in [-0.2, 0) is 0 Å². The number of hydrogen-bond donors (Lipinski definition) is 1. The van der Waals surface area contributed by atoms with Crippen molar-refractivity contribution in [3.8, 4) is 0 Å². The van der Waals surface area contributed by atoms with Crippen LogP contribution < -0.4 is 5.32 Å². The molecular weight excluding hydrogens is 327 g/mol. The summed E-state index contributed by atoms with van der Waals surface area (Å²) in [6.07, 6.45) is -3.66. The molecule has 16 heavy (non-hydrogen) atoms. The Morgan fingerprint density at radius 1 is 1.56 bits per heavy atom. The van der Waals surface area contributed by atoms with Gasteiger partial charge in [0, 0.05) is 9.35 Å². The number of rotatable bonds is 4. The molecule has 0 saturated heterocycles. The van der Waals surface area contributed by atoms with Crippen molar-refractivity contribution in [3.63, 3.8) is 0 Å². The molecule has 0 radical (unpaired) electrons. The fourth-order valence-electron chi connectivity index (χ4n) is 1.17. The molecule has 0 fully saturated rings. The molecule has 0 aromatic carbocycles. The van der Waals surface area contributed by atoms with Crippen molar-refractivity contribution < 1.29 is 13.2 Å². The van der Waals surface area contributed by atoms with Gasteiger partial charge in [-0.3, -0.25) is 0 Å². The Balaban J connectivity index is 2.92. The molecule has 0 aliphatic heterocycles. The van der Waals surface area contributed by atoms with Crippen LogP contribution in [0.1, 0.15) is 24.3 Å². The lowest BCUT2D eigenvalue weighted by Crippen LogP contribution is -2.33. The van der Waals surface area contributed by atoms with E-state index in [9.17, 15) is 13.2 Å². The van der Waals surface area contributed by atoms with E-state index in [1.807, 2.05) is 6.92 Å². The molecule has 0 amide bonds. The number of hydrogen-bond acceptors (Lipinski definition) is 2. The highest BCUT2D eigenvalue weighted by Gasteiger charge is 2.41. The summed E-state index contributed by atoms with van der Waals surface area (Å²) in [6.45, 7) is 2.13. The molecule has 1 heterocycles. The third kappa shape index (κ3) is 3.61. The Bertz CT molecular complexity index is 334. The van der Waals surface area contributed by atoms with Crippen LogP contribution in [0.15, 0.2) is 10.5 Å². The Hall–Kier alpha value is 0.220. The molecule has 92 valence electrons. The summed E-state index contributed by atoms with van der Waals surface area (Å²) >= 11 is 9.77. The van der Waals surface area contributed by atoms with Crippen molar-refractivity contribution in [1.82, 2.24) is 5.32 Å². The molecular formula is C9H10BrClF3NS. The monoisotopic (exact) mass is 335 g/mol. The molecule has 0 aliphatic carbocycles. The van der Waals surface area contributed by atoms with Gasteiger partial charge in [0.15, 0.2) is 0 Å². The lowest BCUT2D eigenvalue weighted by molar-refractivity contribution is -0.156. The number of halogens is 5. The zero-order valence-electron chi connectivity index (χ0n) is 8.37. The minimum atomic E-state index is -4.30. The normalized spacial score (nSPS) is 14.1. The summed E-state index contributed by atoms with van der Waals surface area (Å²) in [7, 11) is 0. The predicted octanol–water partition coefficient (Wildman–Crippen LogP) is 4.77. The minimum Gasteiger partial charge on any atom is -0.302 e.